The molecule has 6 saturated carbocycles. The molecule has 0 amide bonds. The SMILES string of the molecule is C1CCOC1.CC[C@]1(O)CC[C@@]2(C)C(=CC[C@H]3[C@@H]4CC[C@H]([C@H](C)CCC(O)c5cccc(C#N)c5)[C@@]4(C)CC[C@@H]32)C1.CC[C@]1(O)CC[C@@]2(C)C(=CC[C@H]3[C@@H]4CC[C@H]([C@H](C)CCC=O)[C@@]4(C)CC[C@@H]32)C1.C[CH-]C.N#Cc1cccc(Br)c1.[Cl-].[Mg+2]. The Morgan fingerprint density at radius 2 is 1.13 bits per heavy atom. The molecule has 1 aliphatic heterocycles. The van der Waals surface area contributed by atoms with Crippen molar-refractivity contribution in [2.24, 2.45) is 80.8 Å². The smallest absolute Gasteiger partial charge is 1.00 e. The molecule has 17 atom stereocenters. The van der Waals surface area contributed by atoms with Crippen molar-refractivity contribution in [1.82, 2.24) is 0 Å². The second-order valence-corrected chi connectivity index (χ2v) is 29.4. The number of aliphatic hydroxyl groups excluding tert-OH is 1. The van der Waals surface area contributed by atoms with E-state index in [9.17, 15) is 25.4 Å². The number of fused-ring (bicyclic) bond motifs is 10. The van der Waals surface area contributed by atoms with Crippen LogP contribution >= 0.6 is 15.9 Å². The van der Waals surface area contributed by atoms with Crippen LogP contribution in [0.2, 0.25) is 0 Å². The van der Waals surface area contributed by atoms with E-state index in [2.05, 4.69) is 89.5 Å². The van der Waals surface area contributed by atoms with Gasteiger partial charge in [0, 0.05) is 24.1 Å². The Morgan fingerprint density at radius 3 is 1.54 bits per heavy atom. The van der Waals surface area contributed by atoms with Gasteiger partial charge in [0.05, 0.1) is 40.6 Å². The molecular weight excluding hydrogens is 1120 g/mol. The Morgan fingerprint density at radius 1 is 0.675 bits per heavy atom. The molecule has 0 bridgehead atoms. The Balaban J connectivity index is 0.000000236. The number of hydrogen-bond acceptors (Lipinski definition) is 7. The van der Waals surface area contributed by atoms with Crippen LogP contribution in [-0.2, 0) is 9.53 Å². The summed E-state index contributed by atoms with van der Waals surface area (Å²) in [5.41, 5.74) is 5.91. The maximum absolute atomic E-state index is 11.0. The van der Waals surface area contributed by atoms with Crippen molar-refractivity contribution in [2.75, 3.05) is 13.2 Å². The molecule has 11 rings (SSSR count). The average Bonchev–Trinajstić information content (AvgIpc) is 2.36. The third-order valence-corrected chi connectivity index (χ3v) is 24.7. The third kappa shape index (κ3) is 16.1. The Labute approximate surface area is 535 Å². The van der Waals surface area contributed by atoms with Gasteiger partial charge in [-0.25, -0.2) is 0 Å². The number of carbonyl (C=O) groups excluding carboxylic acids is 1. The van der Waals surface area contributed by atoms with Crippen molar-refractivity contribution in [3.63, 3.8) is 0 Å². The van der Waals surface area contributed by atoms with Crippen LogP contribution in [-0.4, -0.2) is 69.1 Å². The minimum absolute atomic E-state index is 0. The predicted molar refractivity (Wildman–Crippen MR) is 340 cm³/mol. The van der Waals surface area contributed by atoms with Crippen LogP contribution in [0.4, 0.5) is 0 Å². The molecule has 1 saturated heterocycles. The number of aliphatic hydroxyl groups is 3. The third-order valence-electron chi connectivity index (χ3n) is 24.2. The second-order valence-electron chi connectivity index (χ2n) is 28.5. The molecule has 2 aromatic rings. The summed E-state index contributed by atoms with van der Waals surface area (Å²) in [6.45, 7) is 25.4. The Bertz CT molecular complexity index is 2530. The summed E-state index contributed by atoms with van der Waals surface area (Å²) >= 11 is 3.25. The molecule has 0 radical (unpaired) electrons. The molecule has 2 aromatic carbocycles. The number of benzene rings is 2. The molecule has 456 valence electrons. The molecule has 7 nitrogen and oxygen atoms in total. The quantitative estimate of drug-likeness (QED) is 0.0883. The van der Waals surface area contributed by atoms with Crippen LogP contribution in [0.25, 0.3) is 0 Å². The molecule has 83 heavy (non-hydrogen) atoms. The molecule has 10 heteroatoms. The van der Waals surface area contributed by atoms with Crippen LogP contribution < -0.4 is 12.4 Å². The number of halogens is 2. The summed E-state index contributed by atoms with van der Waals surface area (Å²) in [4.78, 5) is 10.9. The van der Waals surface area contributed by atoms with Gasteiger partial charge >= 0.3 is 23.1 Å². The van der Waals surface area contributed by atoms with Crippen molar-refractivity contribution in [3.05, 3.63) is 99.4 Å². The van der Waals surface area contributed by atoms with Crippen LogP contribution in [0.3, 0.4) is 0 Å². The number of rotatable bonds is 11. The average molecular weight is 1230 g/mol. The van der Waals surface area contributed by atoms with E-state index in [0.29, 0.717) is 39.2 Å². The molecule has 0 aromatic heterocycles. The fraction of sp³-hybridized carbons (Fsp3) is 0.726. The maximum atomic E-state index is 11.0. The standard InChI is InChI=1S/C33H47NO2.C26H42O2.C7H4BrN.C4H8O.C3H7.ClH.Mg/c1-5-33(36)18-17-31(3)25(20-33)10-11-26-28-13-12-27(32(28,4)16-15-29(26)31)22(2)9-14-30(35)24-8-6-7-23(19-24)21-34;1-5-26(28)15-14-24(3)19(17-26)8-9-20-22-11-10-21(18(2)7-6-16-27)25(22,4)13-12-23(20)24;8-7-3-1-2-6(4-7)5-9;1-2-4-5-3-1;1-3-2;;/h6-8,10,19,22,26-30,35-36H,5,9,11-18,20H2,1-4H3;8,16,18,20-23,28H,5-7,9-15,17H2,1-4H3;1-4H;1-4H2;3H,1-2H3;1H;/q;;;;-1;;+2/p-1/t22-,26+,27-,28+,29+,30?,31+,32-,33+;18-,20+,21-,22+,23+,24+,25-,26+;;;;;/m11...../s1. The minimum Gasteiger partial charge on any atom is -1.00 e. The monoisotopic (exact) mass is 1230 g/mol. The first-order chi connectivity index (χ1) is 38.6. The fourth-order valence-electron chi connectivity index (χ4n) is 19.2. The van der Waals surface area contributed by atoms with Gasteiger partial charge in [-0.15, -0.1) is 0 Å². The summed E-state index contributed by atoms with van der Waals surface area (Å²) < 4.78 is 5.89. The number of allylic oxidation sites excluding steroid dienone is 2. The van der Waals surface area contributed by atoms with E-state index >= 15 is 0 Å². The summed E-state index contributed by atoms with van der Waals surface area (Å²) in [6, 6.07) is 19.0. The molecule has 0 spiro atoms. The summed E-state index contributed by atoms with van der Waals surface area (Å²) in [6.07, 6.45) is 35.1. The zero-order valence-electron chi connectivity index (χ0n) is 53.2. The van der Waals surface area contributed by atoms with Gasteiger partial charge in [-0.1, -0.05) is 113 Å². The first-order valence-electron chi connectivity index (χ1n) is 32.6. The van der Waals surface area contributed by atoms with E-state index < -0.39 is 17.3 Å². The van der Waals surface area contributed by atoms with Crippen LogP contribution in [0.5, 0.6) is 0 Å². The molecule has 9 aliphatic rings. The molecule has 8 aliphatic carbocycles. The predicted octanol–water partition coefficient (Wildman–Crippen LogP) is 15.0. The van der Waals surface area contributed by atoms with Crippen LogP contribution in [0.1, 0.15) is 246 Å². The van der Waals surface area contributed by atoms with Crippen LogP contribution in [0.15, 0.2) is 76.3 Å². The van der Waals surface area contributed by atoms with Crippen molar-refractivity contribution in [3.8, 4) is 12.1 Å². The normalized spacial score (nSPS) is 37.0. The van der Waals surface area contributed by atoms with E-state index in [0.717, 1.165) is 148 Å². The largest absolute Gasteiger partial charge is 2.00 e. The number of hydrogen-bond donors (Lipinski definition) is 3. The van der Waals surface area contributed by atoms with Gasteiger partial charge in [-0.05, 0) is 264 Å². The van der Waals surface area contributed by atoms with E-state index in [1.54, 1.807) is 29.3 Å². The maximum Gasteiger partial charge on any atom is 2.00 e. The van der Waals surface area contributed by atoms with Crippen molar-refractivity contribution < 1.29 is 37.3 Å². The fourth-order valence-corrected chi connectivity index (χ4v) is 19.6. The van der Waals surface area contributed by atoms with Gasteiger partial charge in [0.1, 0.15) is 6.29 Å². The van der Waals surface area contributed by atoms with E-state index in [1.807, 2.05) is 56.7 Å². The van der Waals surface area contributed by atoms with Gasteiger partial charge in [0.15, 0.2) is 0 Å². The van der Waals surface area contributed by atoms with E-state index in [1.165, 1.54) is 83.5 Å². The second kappa shape index (κ2) is 31.4. The topological polar surface area (TPSA) is 135 Å². The summed E-state index contributed by atoms with van der Waals surface area (Å²) in [5, 5.41) is 50.4. The number of nitriles is 2. The minimum atomic E-state index is -0.489. The molecule has 1 heterocycles. The van der Waals surface area contributed by atoms with Gasteiger partial charge in [0.25, 0.3) is 0 Å². The van der Waals surface area contributed by atoms with E-state index in [-0.39, 0.29) is 40.9 Å². The van der Waals surface area contributed by atoms with Gasteiger partial charge in [0.2, 0.25) is 0 Å². The molecule has 7 fully saturated rings. The summed E-state index contributed by atoms with van der Waals surface area (Å²) in [5.74, 6) is 7.70. The van der Waals surface area contributed by atoms with Crippen molar-refractivity contribution in [1.29, 1.82) is 10.5 Å². The van der Waals surface area contributed by atoms with Gasteiger partial charge in [-0.3, -0.25) is 0 Å². The number of nitrogens with zero attached hydrogens (tertiary/aromatic N) is 2. The first kappa shape index (κ1) is 71.7. The number of aldehydes is 1. The zero-order chi connectivity index (χ0) is 58.8. The van der Waals surface area contributed by atoms with Crippen molar-refractivity contribution in [2.45, 2.75) is 241 Å². The van der Waals surface area contributed by atoms with Crippen molar-refractivity contribution >= 4 is 45.3 Å². The van der Waals surface area contributed by atoms with Gasteiger partial charge < -0.3 is 43.7 Å². The molecular formula is C73H108BrClMgN2O5. The zero-order valence-corrected chi connectivity index (χ0v) is 56.9. The molecule has 3 N–H and O–H groups in total. The summed E-state index contributed by atoms with van der Waals surface area (Å²) in [7, 11) is 0. The van der Waals surface area contributed by atoms with E-state index in [4.69, 9.17) is 10.00 Å². The number of ether oxygens (including phenoxy) is 1. The van der Waals surface area contributed by atoms with Crippen LogP contribution in [0, 0.1) is 110 Å². The number of carbonyl (C=O) groups is 1. The molecule has 1 unspecified atom stereocenters. The first-order valence-corrected chi connectivity index (χ1v) is 33.4. The Kier molecular flexibility index (Phi) is 27.1. The van der Waals surface area contributed by atoms with Gasteiger partial charge in [-0.2, -0.15) is 24.4 Å². The Hall–Kier alpha value is -2.05.